The molecule has 2 atom stereocenters. The van der Waals surface area contributed by atoms with Crippen molar-refractivity contribution in [2.75, 3.05) is 19.0 Å². The van der Waals surface area contributed by atoms with E-state index in [4.69, 9.17) is 10.5 Å². The van der Waals surface area contributed by atoms with Crippen LogP contribution >= 0.6 is 0 Å². The van der Waals surface area contributed by atoms with Crippen LogP contribution in [0.5, 0.6) is 0 Å². The zero-order chi connectivity index (χ0) is 19.8. The lowest BCUT2D eigenvalue weighted by Crippen LogP contribution is -2.48. The Balaban J connectivity index is 2.33. The molecule has 2 N–H and O–H groups in total. The minimum Gasteiger partial charge on any atom is -0.381 e. The average molecular weight is 382 g/mol. The van der Waals surface area contributed by atoms with Gasteiger partial charge in [-0.2, -0.15) is 0 Å². The van der Waals surface area contributed by atoms with E-state index >= 15 is 0 Å². The average Bonchev–Trinajstić information content (AvgIpc) is 2.54. The zero-order valence-corrected chi connectivity index (χ0v) is 17.2. The Morgan fingerprint density at radius 3 is 2.46 bits per heavy atom. The first kappa shape index (κ1) is 20.9. The van der Waals surface area contributed by atoms with E-state index in [1.165, 1.54) is 19.4 Å². The summed E-state index contributed by atoms with van der Waals surface area (Å²) >= 11 is 0. The third-order valence-electron chi connectivity index (χ3n) is 5.48. The second kappa shape index (κ2) is 7.31. The van der Waals surface area contributed by atoms with Gasteiger partial charge in [0.25, 0.3) is 0 Å². The van der Waals surface area contributed by atoms with Crippen molar-refractivity contribution in [3.63, 3.8) is 0 Å². The molecule has 146 valence electrons. The molecule has 0 aliphatic carbocycles. The molecule has 26 heavy (non-hydrogen) atoms. The van der Waals surface area contributed by atoms with Crippen LogP contribution < -0.4 is 5.73 Å². The van der Waals surface area contributed by atoms with Gasteiger partial charge in [0.05, 0.1) is 12.4 Å². The molecule has 1 aliphatic rings. The highest BCUT2D eigenvalue weighted by molar-refractivity contribution is 7.93. The lowest BCUT2D eigenvalue weighted by Gasteiger charge is -2.34. The van der Waals surface area contributed by atoms with Crippen LogP contribution in [-0.4, -0.2) is 38.0 Å². The highest BCUT2D eigenvalue weighted by atomic mass is 32.2. The van der Waals surface area contributed by atoms with Crippen LogP contribution in [0.15, 0.2) is 24.3 Å². The largest absolute Gasteiger partial charge is 0.381 e. The molecule has 2 unspecified atom stereocenters. The first-order valence-corrected chi connectivity index (χ1v) is 10.7. The maximum atomic E-state index is 12.8. The Labute approximate surface area is 157 Å². The Morgan fingerprint density at radius 2 is 1.88 bits per heavy atom. The number of carbonyl (C=O) groups excluding carboxylic acids is 1. The standard InChI is InChI=1S/C20H31NO4S/c1-19(2,3)16-8-6-7-14(11-16)17-12-25-10-9-15(17)13-26(23,24)20(4,5)18(21)22/h6-8,11,15,17H,9-10,12-13H2,1-5H3,(H2,21,22). The first-order valence-electron chi connectivity index (χ1n) is 9.06. The predicted octanol–water partition coefficient (Wildman–Crippen LogP) is 2.78. The van der Waals surface area contributed by atoms with Crippen LogP contribution in [0.25, 0.3) is 0 Å². The summed E-state index contributed by atoms with van der Waals surface area (Å²) in [6.45, 7) is 10.3. The number of hydrogen-bond acceptors (Lipinski definition) is 4. The van der Waals surface area contributed by atoms with Gasteiger partial charge in [-0.1, -0.05) is 45.0 Å². The van der Waals surface area contributed by atoms with Gasteiger partial charge in [0.15, 0.2) is 9.84 Å². The maximum Gasteiger partial charge on any atom is 0.238 e. The number of rotatable bonds is 5. The number of primary amides is 1. The molecule has 5 nitrogen and oxygen atoms in total. The fourth-order valence-corrected chi connectivity index (χ4v) is 4.92. The van der Waals surface area contributed by atoms with Gasteiger partial charge in [0.1, 0.15) is 4.75 Å². The highest BCUT2D eigenvalue weighted by Gasteiger charge is 2.43. The van der Waals surface area contributed by atoms with Crippen molar-refractivity contribution in [1.82, 2.24) is 0 Å². The van der Waals surface area contributed by atoms with Crippen molar-refractivity contribution in [2.24, 2.45) is 11.7 Å². The van der Waals surface area contributed by atoms with Crippen LogP contribution in [0, 0.1) is 5.92 Å². The first-order chi connectivity index (χ1) is 11.9. The lowest BCUT2D eigenvalue weighted by atomic mass is 9.80. The molecule has 1 aliphatic heterocycles. The van der Waals surface area contributed by atoms with E-state index in [1.807, 2.05) is 12.1 Å². The molecule has 0 aromatic heterocycles. The van der Waals surface area contributed by atoms with E-state index in [0.717, 1.165) is 5.56 Å². The summed E-state index contributed by atoms with van der Waals surface area (Å²) in [5.74, 6) is -0.973. The van der Waals surface area contributed by atoms with Gasteiger partial charge in [-0.3, -0.25) is 4.79 Å². The zero-order valence-electron chi connectivity index (χ0n) is 16.4. The summed E-state index contributed by atoms with van der Waals surface area (Å²) in [5.41, 5.74) is 7.65. The summed E-state index contributed by atoms with van der Waals surface area (Å²) in [4.78, 5) is 11.6. The van der Waals surface area contributed by atoms with Gasteiger partial charge >= 0.3 is 0 Å². The number of amides is 1. The van der Waals surface area contributed by atoms with Crippen molar-refractivity contribution in [3.8, 4) is 0 Å². The SMILES string of the molecule is CC(C)(C)c1cccc(C2COCCC2CS(=O)(=O)C(C)(C)C(N)=O)c1. The molecule has 0 saturated carbocycles. The molecule has 0 bridgehead atoms. The number of ether oxygens (including phenoxy) is 1. The molecule has 1 aromatic carbocycles. The Bertz CT molecular complexity index is 762. The van der Waals surface area contributed by atoms with E-state index in [9.17, 15) is 13.2 Å². The summed E-state index contributed by atoms with van der Waals surface area (Å²) < 4.78 is 29.7. The fraction of sp³-hybridized carbons (Fsp3) is 0.650. The Hall–Kier alpha value is -1.40. The van der Waals surface area contributed by atoms with Crippen LogP contribution in [0.2, 0.25) is 0 Å². The molecule has 1 saturated heterocycles. The second-order valence-corrected chi connectivity index (χ2v) is 11.3. The molecule has 0 radical (unpaired) electrons. The highest BCUT2D eigenvalue weighted by Crippen LogP contribution is 2.36. The van der Waals surface area contributed by atoms with Gasteiger partial charge in [-0.05, 0) is 42.7 Å². The van der Waals surface area contributed by atoms with Gasteiger partial charge in [0, 0.05) is 12.5 Å². The second-order valence-electron chi connectivity index (χ2n) is 8.76. The number of carbonyl (C=O) groups is 1. The van der Waals surface area contributed by atoms with E-state index in [-0.39, 0.29) is 23.0 Å². The molecular formula is C20H31NO4S. The summed E-state index contributed by atoms with van der Waals surface area (Å²) in [5, 5.41) is 0. The van der Waals surface area contributed by atoms with Crippen molar-refractivity contribution < 1.29 is 17.9 Å². The summed E-state index contributed by atoms with van der Waals surface area (Å²) in [7, 11) is -3.67. The molecule has 6 heteroatoms. The number of hydrogen-bond donors (Lipinski definition) is 1. The van der Waals surface area contributed by atoms with Crippen LogP contribution in [-0.2, 0) is 24.8 Å². The van der Waals surface area contributed by atoms with Gasteiger partial charge in [-0.15, -0.1) is 0 Å². The van der Waals surface area contributed by atoms with Gasteiger partial charge < -0.3 is 10.5 Å². The van der Waals surface area contributed by atoms with Crippen molar-refractivity contribution in [1.29, 1.82) is 0 Å². The molecule has 1 heterocycles. The molecule has 1 amide bonds. The van der Waals surface area contributed by atoms with E-state index in [1.54, 1.807) is 0 Å². The Morgan fingerprint density at radius 1 is 1.23 bits per heavy atom. The van der Waals surface area contributed by atoms with Gasteiger partial charge in [0.2, 0.25) is 5.91 Å². The fourth-order valence-electron chi connectivity index (χ4n) is 3.23. The maximum absolute atomic E-state index is 12.8. The monoisotopic (exact) mass is 381 g/mol. The topological polar surface area (TPSA) is 86.5 Å². The normalized spacial score (nSPS) is 22.2. The molecule has 1 fully saturated rings. The lowest BCUT2D eigenvalue weighted by molar-refractivity contribution is -0.119. The third kappa shape index (κ3) is 4.29. The third-order valence-corrected chi connectivity index (χ3v) is 8.11. The predicted molar refractivity (Wildman–Crippen MR) is 104 cm³/mol. The number of nitrogens with two attached hydrogens (primary N) is 1. The van der Waals surface area contributed by atoms with E-state index < -0.39 is 20.5 Å². The Kier molecular flexibility index (Phi) is 5.88. The minimum atomic E-state index is -3.67. The quantitative estimate of drug-likeness (QED) is 0.850. The number of sulfone groups is 1. The van der Waals surface area contributed by atoms with Crippen molar-refractivity contribution >= 4 is 15.7 Å². The molecule has 0 spiro atoms. The van der Waals surface area contributed by atoms with Crippen molar-refractivity contribution in [2.45, 2.75) is 57.1 Å². The molecule has 2 rings (SSSR count). The summed E-state index contributed by atoms with van der Waals surface area (Å²) in [6.07, 6.45) is 0.651. The number of benzene rings is 1. The van der Waals surface area contributed by atoms with E-state index in [0.29, 0.717) is 19.6 Å². The van der Waals surface area contributed by atoms with Crippen LogP contribution in [0.1, 0.15) is 58.1 Å². The minimum absolute atomic E-state index is 0.00972. The molecular weight excluding hydrogens is 350 g/mol. The van der Waals surface area contributed by atoms with Gasteiger partial charge in [-0.25, -0.2) is 8.42 Å². The summed E-state index contributed by atoms with van der Waals surface area (Å²) in [6, 6.07) is 8.30. The van der Waals surface area contributed by atoms with Crippen LogP contribution in [0.3, 0.4) is 0 Å². The molecule has 1 aromatic rings. The smallest absolute Gasteiger partial charge is 0.238 e. The van der Waals surface area contributed by atoms with E-state index in [2.05, 4.69) is 32.9 Å². The van der Waals surface area contributed by atoms with Crippen molar-refractivity contribution in [3.05, 3.63) is 35.4 Å². The van der Waals surface area contributed by atoms with Crippen LogP contribution in [0.4, 0.5) is 0 Å².